The van der Waals surface area contributed by atoms with Gasteiger partial charge in [-0.2, -0.15) is 5.10 Å². The van der Waals surface area contributed by atoms with Gasteiger partial charge in [0.25, 0.3) is 6.43 Å². The predicted molar refractivity (Wildman–Crippen MR) is 71.8 cm³/mol. The van der Waals surface area contributed by atoms with Crippen LogP contribution in [0.1, 0.15) is 17.7 Å². The molecule has 0 aliphatic heterocycles. The van der Waals surface area contributed by atoms with Crippen LogP contribution in [0.5, 0.6) is 5.75 Å². The molecule has 1 heterocycles. The Hall–Kier alpha value is -2.43. The van der Waals surface area contributed by atoms with Crippen LogP contribution in [0.2, 0.25) is 0 Å². The highest BCUT2D eigenvalue weighted by atomic mass is 19.3. The summed E-state index contributed by atoms with van der Waals surface area (Å²) in [5.74, 6) is 0.605. The van der Waals surface area contributed by atoms with Gasteiger partial charge in [-0.3, -0.25) is 5.10 Å². The van der Waals surface area contributed by atoms with Crippen molar-refractivity contribution in [3.63, 3.8) is 0 Å². The number of nitrogens with one attached hydrogen (secondary N) is 1. The summed E-state index contributed by atoms with van der Waals surface area (Å²) in [5, 5.41) is 6.65. The molecule has 0 aliphatic carbocycles. The minimum absolute atomic E-state index is 0.158. The van der Waals surface area contributed by atoms with E-state index in [1.54, 1.807) is 18.2 Å². The van der Waals surface area contributed by atoms with Crippen LogP contribution < -0.4 is 4.74 Å². The number of alkyl halides is 2. The lowest BCUT2D eigenvalue weighted by Gasteiger charge is -2.06. The van der Waals surface area contributed by atoms with Crippen molar-refractivity contribution in [2.75, 3.05) is 0 Å². The second-order valence-corrected chi connectivity index (χ2v) is 4.39. The van der Waals surface area contributed by atoms with E-state index < -0.39 is 6.43 Å². The second kappa shape index (κ2) is 5.28. The fraction of sp³-hybridized carbons (Fsp3) is 0.133. The van der Waals surface area contributed by atoms with E-state index in [1.165, 1.54) is 0 Å². The molecule has 0 unspecified atom stereocenters. The molecule has 0 saturated carbocycles. The van der Waals surface area contributed by atoms with Gasteiger partial charge in [0.05, 0.1) is 5.52 Å². The molecule has 3 rings (SSSR count). The third-order valence-electron chi connectivity index (χ3n) is 3.02. The maximum absolute atomic E-state index is 12.7. The lowest BCUT2D eigenvalue weighted by Crippen LogP contribution is -1.94. The van der Waals surface area contributed by atoms with E-state index >= 15 is 0 Å². The van der Waals surface area contributed by atoms with Gasteiger partial charge in [0.2, 0.25) is 0 Å². The molecule has 20 heavy (non-hydrogen) atoms. The number of halogens is 2. The van der Waals surface area contributed by atoms with E-state index in [1.807, 2.05) is 30.3 Å². The van der Waals surface area contributed by atoms with Crippen LogP contribution in [0.25, 0.3) is 10.9 Å². The summed E-state index contributed by atoms with van der Waals surface area (Å²) in [5.41, 5.74) is 1.36. The predicted octanol–water partition coefficient (Wildman–Crippen LogP) is 4.08. The Morgan fingerprint density at radius 3 is 2.65 bits per heavy atom. The van der Waals surface area contributed by atoms with Crippen molar-refractivity contribution in [3.8, 4) is 5.75 Å². The van der Waals surface area contributed by atoms with Crippen LogP contribution in [0.15, 0.2) is 48.5 Å². The first kappa shape index (κ1) is 12.6. The zero-order chi connectivity index (χ0) is 13.9. The summed E-state index contributed by atoms with van der Waals surface area (Å²) in [6.45, 7) is 0.429. The van der Waals surface area contributed by atoms with Crippen LogP contribution in [0, 0.1) is 0 Å². The summed E-state index contributed by atoms with van der Waals surface area (Å²) in [7, 11) is 0. The molecule has 102 valence electrons. The van der Waals surface area contributed by atoms with Gasteiger partial charge in [-0.15, -0.1) is 0 Å². The van der Waals surface area contributed by atoms with Crippen molar-refractivity contribution in [1.82, 2.24) is 10.2 Å². The number of rotatable bonds is 4. The van der Waals surface area contributed by atoms with Gasteiger partial charge in [0, 0.05) is 11.5 Å². The Morgan fingerprint density at radius 2 is 1.90 bits per heavy atom. The lowest BCUT2D eigenvalue weighted by atomic mass is 10.2. The zero-order valence-electron chi connectivity index (χ0n) is 10.5. The Morgan fingerprint density at radius 1 is 1.10 bits per heavy atom. The minimum atomic E-state index is -2.56. The van der Waals surface area contributed by atoms with Gasteiger partial charge in [0.15, 0.2) is 0 Å². The van der Waals surface area contributed by atoms with Gasteiger partial charge in [-0.25, -0.2) is 8.78 Å². The van der Waals surface area contributed by atoms with Gasteiger partial charge in [-0.05, 0) is 17.7 Å². The van der Waals surface area contributed by atoms with Gasteiger partial charge < -0.3 is 4.74 Å². The molecule has 0 spiro atoms. The molecule has 1 aromatic heterocycles. The third kappa shape index (κ3) is 2.47. The van der Waals surface area contributed by atoms with Crippen molar-refractivity contribution < 1.29 is 13.5 Å². The fourth-order valence-corrected chi connectivity index (χ4v) is 2.01. The van der Waals surface area contributed by atoms with E-state index in [2.05, 4.69) is 10.2 Å². The topological polar surface area (TPSA) is 37.9 Å². The van der Waals surface area contributed by atoms with Crippen LogP contribution in [-0.2, 0) is 6.61 Å². The normalized spacial score (nSPS) is 11.2. The Kier molecular flexibility index (Phi) is 3.33. The molecule has 1 N–H and O–H groups in total. The van der Waals surface area contributed by atoms with E-state index in [0.717, 1.165) is 5.56 Å². The maximum Gasteiger partial charge on any atom is 0.280 e. The molecular weight excluding hydrogens is 262 g/mol. The molecule has 0 saturated heterocycles. The minimum Gasteiger partial charge on any atom is -0.489 e. The third-order valence-corrected chi connectivity index (χ3v) is 3.02. The molecule has 0 bridgehead atoms. The first-order valence-corrected chi connectivity index (χ1v) is 6.17. The highest BCUT2D eigenvalue weighted by molar-refractivity contribution is 5.82. The smallest absolute Gasteiger partial charge is 0.280 e. The highest BCUT2D eigenvalue weighted by Gasteiger charge is 2.14. The van der Waals surface area contributed by atoms with E-state index in [0.29, 0.717) is 23.3 Å². The number of hydrogen-bond acceptors (Lipinski definition) is 2. The van der Waals surface area contributed by atoms with E-state index in [-0.39, 0.29) is 5.69 Å². The Bertz CT molecular complexity index is 710. The fourth-order valence-electron chi connectivity index (χ4n) is 2.01. The molecule has 3 nitrogen and oxygen atoms in total. The zero-order valence-corrected chi connectivity index (χ0v) is 10.5. The van der Waals surface area contributed by atoms with Crippen LogP contribution in [-0.4, -0.2) is 10.2 Å². The standard InChI is InChI=1S/C15H12F2N2O/c16-15(17)14-12-7-6-11(8-13(12)18-19-14)20-9-10-4-2-1-3-5-10/h1-8,15H,9H2,(H,18,19). The summed E-state index contributed by atoms with van der Waals surface area (Å²) < 4.78 is 31.0. The summed E-state index contributed by atoms with van der Waals surface area (Å²) in [6, 6.07) is 14.7. The van der Waals surface area contributed by atoms with Crippen molar-refractivity contribution in [1.29, 1.82) is 0 Å². The molecule has 0 amide bonds. The first-order chi connectivity index (χ1) is 9.74. The number of fused-ring (bicyclic) bond motifs is 1. The number of H-pyrrole nitrogens is 1. The largest absolute Gasteiger partial charge is 0.489 e. The SMILES string of the molecule is FC(F)c1[nH]nc2cc(OCc3ccccc3)ccc12. The maximum atomic E-state index is 12.7. The number of aromatic amines is 1. The molecule has 0 fully saturated rings. The molecule has 0 atom stereocenters. The highest BCUT2D eigenvalue weighted by Crippen LogP contribution is 2.28. The van der Waals surface area contributed by atoms with Gasteiger partial charge in [0.1, 0.15) is 18.1 Å². The van der Waals surface area contributed by atoms with Crippen molar-refractivity contribution >= 4 is 10.9 Å². The van der Waals surface area contributed by atoms with Crippen LogP contribution >= 0.6 is 0 Å². The molecule has 5 heteroatoms. The van der Waals surface area contributed by atoms with Crippen molar-refractivity contribution in [3.05, 3.63) is 59.8 Å². The molecular formula is C15H12F2N2O. The average Bonchev–Trinajstić information content (AvgIpc) is 2.89. The number of benzene rings is 2. The Labute approximate surface area is 114 Å². The number of ether oxygens (including phenoxy) is 1. The van der Waals surface area contributed by atoms with E-state index in [4.69, 9.17) is 4.74 Å². The van der Waals surface area contributed by atoms with Gasteiger partial charge >= 0.3 is 0 Å². The number of aromatic nitrogens is 2. The van der Waals surface area contributed by atoms with Crippen LogP contribution in [0.3, 0.4) is 0 Å². The Balaban J connectivity index is 1.80. The van der Waals surface area contributed by atoms with Crippen LogP contribution in [0.4, 0.5) is 8.78 Å². The lowest BCUT2D eigenvalue weighted by molar-refractivity contribution is 0.147. The quantitative estimate of drug-likeness (QED) is 0.778. The van der Waals surface area contributed by atoms with Crippen molar-refractivity contribution in [2.24, 2.45) is 0 Å². The number of hydrogen-bond donors (Lipinski definition) is 1. The van der Waals surface area contributed by atoms with Gasteiger partial charge in [-0.1, -0.05) is 30.3 Å². The summed E-state index contributed by atoms with van der Waals surface area (Å²) in [6.07, 6.45) is -2.56. The summed E-state index contributed by atoms with van der Waals surface area (Å²) in [4.78, 5) is 0. The monoisotopic (exact) mass is 274 g/mol. The van der Waals surface area contributed by atoms with Crippen molar-refractivity contribution in [2.45, 2.75) is 13.0 Å². The molecule has 0 radical (unpaired) electrons. The molecule has 2 aromatic carbocycles. The number of nitrogens with zero attached hydrogens (tertiary/aromatic N) is 1. The molecule has 0 aliphatic rings. The first-order valence-electron chi connectivity index (χ1n) is 6.17. The average molecular weight is 274 g/mol. The molecule has 3 aromatic rings. The summed E-state index contributed by atoms with van der Waals surface area (Å²) >= 11 is 0. The second-order valence-electron chi connectivity index (χ2n) is 4.39. The van der Waals surface area contributed by atoms with E-state index in [9.17, 15) is 8.78 Å².